The van der Waals surface area contributed by atoms with Gasteiger partial charge in [-0.15, -0.1) is 0 Å². The largest absolute Gasteiger partial charge is 0.497 e. The Hall–Kier alpha value is -3.06. The minimum absolute atomic E-state index is 0.0258. The van der Waals surface area contributed by atoms with Gasteiger partial charge in [0.05, 0.1) is 20.3 Å². The second-order valence-corrected chi connectivity index (χ2v) is 5.99. The van der Waals surface area contributed by atoms with Gasteiger partial charge in [-0.25, -0.2) is 0 Å². The number of ether oxygens (including phenoxy) is 3. The first-order valence-electron chi connectivity index (χ1n) is 8.69. The van der Waals surface area contributed by atoms with Crippen LogP contribution in [0.15, 0.2) is 48.5 Å². The molecule has 1 N–H and O–H groups in total. The van der Waals surface area contributed by atoms with Gasteiger partial charge in [-0.2, -0.15) is 0 Å². The van der Waals surface area contributed by atoms with Crippen LogP contribution in [0.25, 0.3) is 0 Å². The molecule has 2 amide bonds. The van der Waals surface area contributed by atoms with Crippen LogP contribution in [0.3, 0.4) is 0 Å². The normalized spacial score (nSPS) is 13.7. The third-order valence-corrected chi connectivity index (χ3v) is 4.14. The van der Waals surface area contributed by atoms with E-state index >= 15 is 0 Å². The lowest BCUT2D eigenvalue weighted by Gasteiger charge is -2.26. The summed E-state index contributed by atoms with van der Waals surface area (Å²) in [5, 5.41) is 2.74. The molecule has 0 aliphatic carbocycles. The van der Waals surface area contributed by atoms with Gasteiger partial charge in [0, 0.05) is 24.3 Å². The van der Waals surface area contributed by atoms with E-state index in [1.165, 1.54) is 0 Å². The lowest BCUT2D eigenvalue weighted by atomic mass is 10.2. The first-order chi connectivity index (χ1) is 13.2. The Balaban J connectivity index is 1.49. The predicted molar refractivity (Wildman–Crippen MR) is 100 cm³/mol. The summed E-state index contributed by atoms with van der Waals surface area (Å²) in [6.45, 7) is 2.21. The van der Waals surface area contributed by atoms with Crippen LogP contribution in [-0.2, 0) is 9.53 Å². The SMILES string of the molecule is COc1ccc(NC(=O)COc2ccc(C(=O)N3CCOCC3)cc2)cc1. The summed E-state index contributed by atoms with van der Waals surface area (Å²) in [4.78, 5) is 26.1. The Morgan fingerprint density at radius 1 is 1.00 bits per heavy atom. The molecule has 0 spiro atoms. The number of anilines is 1. The maximum absolute atomic E-state index is 12.4. The highest BCUT2D eigenvalue weighted by atomic mass is 16.5. The van der Waals surface area contributed by atoms with Gasteiger partial charge in [0.1, 0.15) is 11.5 Å². The molecule has 7 heteroatoms. The fourth-order valence-corrected chi connectivity index (χ4v) is 2.66. The molecule has 1 fully saturated rings. The summed E-state index contributed by atoms with van der Waals surface area (Å²) >= 11 is 0. The molecule has 2 aromatic carbocycles. The summed E-state index contributed by atoms with van der Waals surface area (Å²) < 4.78 is 15.8. The second-order valence-electron chi connectivity index (χ2n) is 5.99. The molecule has 7 nitrogen and oxygen atoms in total. The van der Waals surface area contributed by atoms with Crippen LogP contribution in [0.5, 0.6) is 11.5 Å². The van der Waals surface area contributed by atoms with E-state index in [1.54, 1.807) is 60.5 Å². The molecule has 0 radical (unpaired) electrons. The molecule has 1 aliphatic rings. The number of methoxy groups -OCH3 is 1. The van der Waals surface area contributed by atoms with Gasteiger partial charge in [0.15, 0.2) is 6.61 Å². The van der Waals surface area contributed by atoms with Crippen molar-refractivity contribution in [1.82, 2.24) is 4.90 Å². The first kappa shape index (κ1) is 18.7. The molecular formula is C20H22N2O5. The van der Waals surface area contributed by atoms with Gasteiger partial charge >= 0.3 is 0 Å². The average molecular weight is 370 g/mol. The number of rotatable bonds is 6. The summed E-state index contributed by atoms with van der Waals surface area (Å²) in [5.74, 6) is 0.949. The van der Waals surface area contributed by atoms with Crippen molar-refractivity contribution in [2.45, 2.75) is 0 Å². The fraction of sp³-hybridized carbons (Fsp3) is 0.300. The summed E-state index contributed by atoms with van der Waals surface area (Å²) in [6, 6.07) is 13.8. The Labute approximate surface area is 157 Å². The number of nitrogens with zero attached hydrogens (tertiary/aromatic N) is 1. The second kappa shape index (κ2) is 9.05. The van der Waals surface area contributed by atoms with Crippen molar-refractivity contribution in [2.24, 2.45) is 0 Å². The van der Waals surface area contributed by atoms with Crippen LogP contribution in [-0.4, -0.2) is 56.7 Å². The van der Waals surface area contributed by atoms with Crippen molar-refractivity contribution in [3.8, 4) is 11.5 Å². The van der Waals surface area contributed by atoms with Gasteiger partial charge in [0.25, 0.3) is 11.8 Å². The Morgan fingerprint density at radius 2 is 1.63 bits per heavy atom. The van der Waals surface area contributed by atoms with Crippen LogP contribution in [0.2, 0.25) is 0 Å². The number of hydrogen-bond donors (Lipinski definition) is 1. The van der Waals surface area contributed by atoms with Gasteiger partial charge in [-0.05, 0) is 48.5 Å². The zero-order valence-electron chi connectivity index (χ0n) is 15.1. The zero-order valence-corrected chi connectivity index (χ0v) is 15.1. The summed E-state index contributed by atoms with van der Waals surface area (Å²) in [7, 11) is 1.58. The summed E-state index contributed by atoms with van der Waals surface area (Å²) in [6.07, 6.45) is 0. The fourth-order valence-electron chi connectivity index (χ4n) is 2.66. The molecule has 3 rings (SSSR count). The van der Waals surface area contributed by atoms with Crippen LogP contribution in [0.1, 0.15) is 10.4 Å². The quantitative estimate of drug-likeness (QED) is 0.843. The molecule has 1 saturated heterocycles. The van der Waals surface area contributed by atoms with Crippen molar-refractivity contribution in [1.29, 1.82) is 0 Å². The van der Waals surface area contributed by atoms with Crippen molar-refractivity contribution in [3.05, 3.63) is 54.1 Å². The molecule has 2 aromatic rings. The third-order valence-electron chi connectivity index (χ3n) is 4.14. The van der Waals surface area contributed by atoms with Crippen molar-refractivity contribution in [3.63, 3.8) is 0 Å². The molecular weight excluding hydrogens is 348 g/mol. The Kier molecular flexibility index (Phi) is 6.27. The molecule has 0 atom stereocenters. The van der Waals surface area contributed by atoms with Gasteiger partial charge in [-0.1, -0.05) is 0 Å². The minimum Gasteiger partial charge on any atom is -0.497 e. The van der Waals surface area contributed by atoms with Crippen molar-refractivity contribution >= 4 is 17.5 Å². The molecule has 1 aliphatic heterocycles. The average Bonchev–Trinajstić information content (AvgIpc) is 2.73. The van der Waals surface area contributed by atoms with E-state index in [1.807, 2.05) is 0 Å². The van der Waals surface area contributed by atoms with E-state index in [0.717, 1.165) is 5.75 Å². The highest BCUT2D eigenvalue weighted by molar-refractivity contribution is 5.94. The number of benzene rings is 2. The van der Waals surface area contributed by atoms with E-state index in [2.05, 4.69) is 5.32 Å². The number of nitrogens with one attached hydrogen (secondary N) is 1. The molecule has 27 heavy (non-hydrogen) atoms. The highest BCUT2D eigenvalue weighted by Gasteiger charge is 2.18. The molecule has 0 bridgehead atoms. The van der Waals surface area contributed by atoms with Crippen molar-refractivity contribution in [2.75, 3.05) is 45.3 Å². The van der Waals surface area contributed by atoms with Gasteiger partial charge in [0.2, 0.25) is 0 Å². The number of carbonyl (C=O) groups excluding carboxylic acids is 2. The van der Waals surface area contributed by atoms with Crippen LogP contribution in [0, 0.1) is 0 Å². The molecule has 1 heterocycles. The molecule has 142 valence electrons. The lowest BCUT2D eigenvalue weighted by Crippen LogP contribution is -2.40. The zero-order chi connectivity index (χ0) is 19.1. The standard InChI is InChI=1S/C20H22N2O5/c1-25-17-8-4-16(5-9-17)21-19(23)14-27-18-6-2-15(3-7-18)20(24)22-10-12-26-13-11-22/h2-9H,10-14H2,1H3,(H,21,23). The highest BCUT2D eigenvalue weighted by Crippen LogP contribution is 2.16. The van der Waals surface area contributed by atoms with Gasteiger partial charge < -0.3 is 24.4 Å². The summed E-state index contributed by atoms with van der Waals surface area (Å²) in [5.41, 5.74) is 1.25. The molecule has 0 saturated carbocycles. The third kappa shape index (κ3) is 5.21. The topological polar surface area (TPSA) is 77.1 Å². The number of carbonyl (C=O) groups is 2. The predicted octanol–water partition coefficient (Wildman–Crippen LogP) is 2.19. The Bertz CT molecular complexity index is 768. The van der Waals surface area contributed by atoms with Crippen LogP contribution in [0.4, 0.5) is 5.69 Å². The van der Waals surface area contributed by atoms with E-state index < -0.39 is 0 Å². The van der Waals surface area contributed by atoms with Gasteiger partial charge in [-0.3, -0.25) is 9.59 Å². The minimum atomic E-state index is -0.270. The number of amides is 2. The maximum Gasteiger partial charge on any atom is 0.262 e. The number of morpholine rings is 1. The monoisotopic (exact) mass is 370 g/mol. The van der Waals surface area contributed by atoms with E-state index in [-0.39, 0.29) is 18.4 Å². The van der Waals surface area contributed by atoms with Crippen LogP contribution >= 0.6 is 0 Å². The lowest BCUT2D eigenvalue weighted by molar-refractivity contribution is -0.118. The van der Waals surface area contributed by atoms with E-state index in [0.29, 0.717) is 43.3 Å². The first-order valence-corrected chi connectivity index (χ1v) is 8.69. The van der Waals surface area contributed by atoms with Crippen LogP contribution < -0.4 is 14.8 Å². The molecule has 0 aromatic heterocycles. The van der Waals surface area contributed by atoms with E-state index in [9.17, 15) is 9.59 Å². The number of hydrogen-bond acceptors (Lipinski definition) is 5. The maximum atomic E-state index is 12.4. The molecule has 0 unspecified atom stereocenters. The van der Waals surface area contributed by atoms with Crippen molar-refractivity contribution < 1.29 is 23.8 Å². The smallest absolute Gasteiger partial charge is 0.262 e. The Morgan fingerprint density at radius 3 is 2.26 bits per heavy atom. The van der Waals surface area contributed by atoms with E-state index in [4.69, 9.17) is 14.2 Å².